The van der Waals surface area contributed by atoms with E-state index in [0.717, 1.165) is 11.1 Å². The molecule has 34 heavy (non-hydrogen) atoms. The third kappa shape index (κ3) is 4.01. The molecule has 0 bridgehead atoms. The Morgan fingerprint density at radius 3 is 2.50 bits per heavy atom. The number of carbonyl (C=O) groups is 2. The largest absolute Gasteiger partial charge is 0.323 e. The Hall–Kier alpha value is -3.78. The van der Waals surface area contributed by atoms with Crippen molar-refractivity contribution in [2.75, 3.05) is 5.32 Å². The number of hydrogen-bond acceptors (Lipinski definition) is 5. The number of amides is 2. The molecule has 3 aromatic carbocycles. The molecule has 0 fully saturated rings. The molecule has 2 amide bonds. The highest BCUT2D eigenvalue weighted by Gasteiger charge is 2.43. The van der Waals surface area contributed by atoms with Gasteiger partial charge in [-0.25, -0.2) is 9.38 Å². The predicted molar refractivity (Wildman–Crippen MR) is 133 cm³/mol. The lowest BCUT2D eigenvalue weighted by molar-refractivity contribution is -0.119. The summed E-state index contributed by atoms with van der Waals surface area (Å²) in [4.78, 5) is 37.1. The second-order valence-corrected chi connectivity index (χ2v) is 9.02. The van der Waals surface area contributed by atoms with E-state index in [4.69, 9.17) is 4.99 Å². The molecule has 8 heteroatoms. The highest BCUT2D eigenvalue weighted by molar-refractivity contribution is 8.15. The monoisotopic (exact) mass is 472 g/mol. The molecule has 2 atom stereocenters. The zero-order valence-electron chi connectivity index (χ0n) is 18.3. The summed E-state index contributed by atoms with van der Waals surface area (Å²) in [5, 5.41) is 2.62. The minimum absolute atomic E-state index is 0.128. The van der Waals surface area contributed by atoms with Gasteiger partial charge in [-0.05, 0) is 36.2 Å². The molecule has 5 rings (SSSR count). The van der Waals surface area contributed by atoms with Crippen molar-refractivity contribution in [1.82, 2.24) is 4.90 Å². The van der Waals surface area contributed by atoms with Crippen molar-refractivity contribution in [3.05, 3.63) is 95.8 Å². The van der Waals surface area contributed by atoms with Gasteiger partial charge in [-0.3, -0.25) is 14.5 Å². The van der Waals surface area contributed by atoms with E-state index in [0.29, 0.717) is 23.1 Å². The van der Waals surface area contributed by atoms with Crippen LogP contribution >= 0.6 is 11.8 Å². The summed E-state index contributed by atoms with van der Waals surface area (Å²) >= 11 is 1.25. The molecule has 0 aromatic heterocycles. The maximum atomic E-state index is 14.1. The molecule has 1 N–H and O–H groups in total. The first-order valence-electron chi connectivity index (χ1n) is 10.9. The number of carbonyl (C=O) groups excluding carboxylic acids is 2. The van der Waals surface area contributed by atoms with Crippen LogP contribution in [0.15, 0.2) is 88.8 Å². The first kappa shape index (κ1) is 22.0. The maximum Gasteiger partial charge on any atom is 0.275 e. The van der Waals surface area contributed by atoms with Crippen LogP contribution in [-0.4, -0.2) is 33.0 Å². The van der Waals surface area contributed by atoms with E-state index in [2.05, 4.69) is 10.3 Å². The van der Waals surface area contributed by atoms with Crippen LogP contribution in [0.2, 0.25) is 0 Å². The van der Waals surface area contributed by atoms with Gasteiger partial charge in [0.2, 0.25) is 5.91 Å². The first-order chi connectivity index (χ1) is 16.6. The molecule has 170 valence electrons. The van der Waals surface area contributed by atoms with Crippen LogP contribution in [0, 0.1) is 5.82 Å². The molecular formula is C26H21FN4O2S. The lowest BCUT2D eigenvalue weighted by atomic mass is 10.0. The van der Waals surface area contributed by atoms with E-state index in [9.17, 15) is 14.0 Å². The number of hydrogen-bond donors (Lipinski definition) is 1. The Morgan fingerprint density at radius 2 is 1.74 bits per heavy atom. The van der Waals surface area contributed by atoms with Crippen LogP contribution in [0.4, 0.5) is 15.8 Å². The van der Waals surface area contributed by atoms with E-state index >= 15 is 0 Å². The van der Waals surface area contributed by atoms with Crippen molar-refractivity contribution < 1.29 is 14.0 Å². The van der Waals surface area contributed by atoms with Crippen LogP contribution in [0.3, 0.4) is 0 Å². The summed E-state index contributed by atoms with van der Waals surface area (Å²) in [6.45, 7) is 1.88. The minimum atomic E-state index is -0.664. The van der Waals surface area contributed by atoms with Crippen molar-refractivity contribution in [3.8, 4) is 0 Å². The average molecular weight is 473 g/mol. The molecule has 2 heterocycles. The van der Waals surface area contributed by atoms with Gasteiger partial charge in [-0.2, -0.15) is 4.99 Å². The highest BCUT2D eigenvalue weighted by atomic mass is 32.2. The molecule has 3 aromatic rings. The topological polar surface area (TPSA) is 74.1 Å². The first-order valence-corrected chi connectivity index (χ1v) is 11.8. The number of para-hydroxylation sites is 2. The quantitative estimate of drug-likeness (QED) is 0.546. The van der Waals surface area contributed by atoms with Crippen molar-refractivity contribution in [3.63, 3.8) is 0 Å². The number of nitrogens with one attached hydrogen (secondary N) is 1. The van der Waals surface area contributed by atoms with Crippen molar-refractivity contribution in [2.45, 2.75) is 24.6 Å². The number of aliphatic imine (C=N–C) groups is 2. The van der Waals surface area contributed by atoms with Crippen molar-refractivity contribution in [2.24, 2.45) is 9.98 Å². The van der Waals surface area contributed by atoms with Gasteiger partial charge < -0.3 is 5.32 Å². The third-order valence-corrected chi connectivity index (χ3v) is 6.99. The van der Waals surface area contributed by atoms with Crippen LogP contribution in [0.1, 0.15) is 30.5 Å². The lowest BCUT2D eigenvalue weighted by Gasteiger charge is -2.32. The summed E-state index contributed by atoms with van der Waals surface area (Å²) in [5.74, 6) is -0.589. The Bertz CT molecular complexity index is 1330. The molecule has 2 unspecified atom stereocenters. The normalized spacial score (nSPS) is 17.4. The standard InChI is InChI=1S/C26H21FN4O2S/c1-2-21(24(32)28-20-15-9-7-13-18(20)27)34-26-29-19-14-8-6-12-17(19)23-30-25(33)22(31(23)26)16-10-4-3-5-11-16/h3-15,21-22H,2H2,1H3,(H,28,32). The highest BCUT2D eigenvalue weighted by Crippen LogP contribution is 2.40. The minimum Gasteiger partial charge on any atom is -0.323 e. The summed E-state index contributed by atoms with van der Waals surface area (Å²) in [7, 11) is 0. The van der Waals surface area contributed by atoms with E-state index in [-0.39, 0.29) is 17.5 Å². The van der Waals surface area contributed by atoms with Gasteiger partial charge in [-0.1, -0.05) is 73.3 Å². The molecule has 0 aliphatic carbocycles. The summed E-state index contributed by atoms with van der Waals surface area (Å²) in [6, 6.07) is 22.3. The summed E-state index contributed by atoms with van der Waals surface area (Å²) < 4.78 is 14.1. The molecule has 0 saturated carbocycles. The molecule has 2 aliphatic rings. The number of amidine groups is 2. The van der Waals surface area contributed by atoms with Gasteiger partial charge in [-0.15, -0.1) is 0 Å². The van der Waals surface area contributed by atoms with Gasteiger partial charge in [0.15, 0.2) is 5.17 Å². The second-order valence-electron chi connectivity index (χ2n) is 7.85. The number of anilines is 1. The van der Waals surface area contributed by atoms with E-state index in [1.54, 1.807) is 12.1 Å². The van der Waals surface area contributed by atoms with Gasteiger partial charge in [0.05, 0.1) is 16.6 Å². The molecule has 0 saturated heterocycles. The molecule has 2 aliphatic heterocycles. The number of fused-ring (bicyclic) bond motifs is 3. The van der Waals surface area contributed by atoms with Crippen LogP contribution < -0.4 is 5.32 Å². The van der Waals surface area contributed by atoms with Crippen molar-refractivity contribution >= 4 is 46.0 Å². The number of rotatable bonds is 5. The molecule has 0 spiro atoms. The van der Waals surface area contributed by atoms with Gasteiger partial charge >= 0.3 is 0 Å². The van der Waals surface area contributed by atoms with Crippen LogP contribution in [0.5, 0.6) is 0 Å². The van der Waals surface area contributed by atoms with Gasteiger partial charge in [0, 0.05) is 5.56 Å². The Labute approximate surface area is 200 Å². The van der Waals surface area contributed by atoms with Gasteiger partial charge in [0.25, 0.3) is 5.91 Å². The summed E-state index contributed by atoms with van der Waals surface area (Å²) in [5.41, 5.74) is 2.37. The maximum absolute atomic E-state index is 14.1. The predicted octanol–water partition coefficient (Wildman–Crippen LogP) is 5.31. The average Bonchev–Trinajstić information content (AvgIpc) is 3.21. The van der Waals surface area contributed by atoms with Gasteiger partial charge in [0.1, 0.15) is 17.7 Å². The zero-order valence-corrected chi connectivity index (χ0v) is 19.1. The third-order valence-electron chi connectivity index (χ3n) is 5.66. The Morgan fingerprint density at radius 1 is 1.03 bits per heavy atom. The lowest BCUT2D eigenvalue weighted by Crippen LogP contribution is -2.40. The SMILES string of the molecule is CCC(SC1=Nc2ccccc2C2=NC(=O)C(c3ccccc3)N12)C(=O)Nc1ccccc1F. The fourth-order valence-electron chi connectivity index (χ4n) is 4.00. The smallest absolute Gasteiger partial charge is 0.275 e. The van der Waals surface area contributed by atoms with E-state index < -0.39 is 17.1 Å². The fourth-order valence-corrected chi connectivity index (χ4v) is 5.04. The summed E-state index contributed by atoms with van der Waals surface area (Å²) in [6.07, 6.45) is 0.482. The second kappa shape index (κ2) is 9.23. The Kier molecular flexibility index (Phi) is 5.98. The fraction of sp³-hybridized carbons (Fsp3) is 0.154. The van der Waals surface area contributed by atoms with Crippen LogP contribution in [0.25, 0.3) is 0 Å². The molecule has 0 radical (unpaired) electrons. The van der Waals surface area contributed by atoms with Crippen molar-refractivity contribution in [1.29, 1.82) is 0 Å². The molecular weight excluding hydrogens is 451 g/mol. The van der Waals surface area contributed by atoms with E-state index in [1.807, 2.05) is 66.4 Å². The number of thioether (sulfide) groups is 1. The number of nitrogens with zero attached hydrogens (tertiary/aromatic N) is 3. The molecule has 6 nitrogen and oxygen atoms in total. The number of benzene rings is 3. The Balaban J connectivity index is 1.50. The number of halogens is 1. The zero-order chi connectivity index (χ0) is 23.7. The van der Waals surface area contributed by atoms with E-state index in [1.165, 1.54) is 23.9 Å². The van der Waals surface area contributed by atoms with Crippen LogP contribution in [-0.2, 0) is 9.59 Å².